The molecule has 0 saturated carbocycles. The number of aromatic nitrogens is 3. The van der Waals surface area contributed by atoms with Crippen LogP contribution in [0.5, 0.6) is 0 Å². The molecule has 5 aromatic heterocycles. The lowest BCUT2D eigenvalue weighted by Crippen LogP contribution is -1.92. The minimum Gasteiger partial charge on any atom is -0.309 e. The van der Waals surface area contributed by atoms with Gasteiger partial charge in [-0.3, -0.25) is 0 Å². The summed E-state index contributed by atoms with van der Waals surface area (Å²) < 4.78 is 7.54. The maximum absolute atomic E-state index is 2.55. The number of hydrogen-bond acceptors (Lipinski definition) is 0. The van der Waals surface area contributed by atoms with E-state index < -0.39 is 0 Å². The van der Waals surface area contributed by atoms with Crippen molar-refractivity contribution in [2.45, 2.75) is 0 Å². The molecule has 0 atom stereocenters. The monoisotopic (exact) mass is 619 g/mol. The van der Waals surface area contributed by atoms with Gasteiger partial charge in [0.1, 0.15) is 0 Å². The van der Waals surface area contributed by atoms with Crippen LogP contribution in [0.2, 0.25) is 0 Å². The lowest BCUT2D eigenvalue weighted by molar-refractivity contribution is 1.18. The standard InChI is InChI=1S/C46H25N3/c1-2-13-27(14-3-1)47-37-20-10-7-17-30(37)43-41(47)24-34-32-23-35-40(25-39(32)49-38-21-11-8-18-31(38)44(43)46(34)49)48-36-19-9-6-16-29(36)33-22-26-12-4-5-15-28(26)42(35)45(33)48/h1-25H. The lowest BCUT2D eigenvalue weighted by atomic mass is 9.98. The average molecular weight is 620 g/mol. The van der Waals surface area contributed by atoms with Crippen LogP contribution < -0.4 is 0 Å². The van der Waals surface area contributed by atoms with Gasteiger partial charge in [-0.25, -0.2) is 0 Å². The Morgan fingerprint density at radius 3 is 1.65 bits per heavy atom. The summed E-state index contributed by atoms with van der Waals surface area (Å²) in [5.74, 6) is 0. The smallest absolute Gasteiger partial charge is 0.0628 e. The minimum atomic E-state index is 1.18. The molecule has 0 aliphatic heterocycles. The third-order valence-electron chi connectivity index (χ3n) is 11.4. The Labute approximate surface area is 278 Å². The minimum absolute atomic E-state index is 1.18. The quantitative estimate of drug-likeness (QED) is 0.174. The number of hydrogen-bond donors (Lipinski definition) is 0. The van der Waals surface area contributed by atoms with Gasteiger partial charge in [0.25, 0.3) is 0 Å². The molecular formula is C46H25N3. The van der Waals surface area contributed by atoms with Crippen LogP contribution in [-0.2, 0) is 0 Å². The van der Waals surface area contributed by atoms with Gasteiger partial charge in [-0.05, 0) is 65.4 Å². The van der Waals surface area contributed by atoms with E-state index >= 15 is 0 Å². The highest BCUT2D eigenvalue weighted by Crippen LogP contribution is 2.49. The molecule has 13 aromatic rings. The van der Waals surface area contributed by atoms with Gasteiger partial charge in [0.15, 0.2) is 0 Å². The highest BCUT2D eigenvalue weighted by Gasteiger charge is 2.26. The van der Waals surface area contributed by atoms with E-state index in [2.05, 4.69) is 165 Å². The topological polar surface area (TPSA) is 13.8 Å². The molecule has 0 bridgehead atoms. The third kappa shape index (κ3) is 2.73. The van der Waals surface area contributed by atoms with Crippen LogP contribution in [-0.4, -0.2) is 13.4 Å². The molecule has 0 fully saturated rings. The molecule has 5 heterocycles. The Morgan fingerprint density at radius 1 is 0.286 bits per heavy atom. The summed E-state index contributed by atoms with van der Waals surface area (Å²) in [6.45, 7) is 0. The fraction of sp³-hybridized carbons (Fsp3) is 0. The van der Waals surface area contributed by atoms with Crippen LogP contribution in [0.15, 0.2) is 152 Å². The van der Waals surface area contributed by atoms with Crippen molar-refractivity contribution in [1.29, 1.82) is 0 Å². The van der Waals surface area contributed by atoms with Crippen molar-refractivity contribution in [3.63, 3.8) is 0 Å². The highest BCUT2D eigenvalue weighted by atomic mass is 15.0. The molecule has 0 spiro atoms. The van der Waals surface area contributed by atoms with Crippen LogP contribution in [0.3, 0.4) is 0 Å². The molecule has 0 aliphatic carbocycles. The van der Waals surface area contributed by atoms with Crippen LogP contribution >= 0.6 is 0 Å². The van der Waals surface area contributed by atoms with E-state index in [1.54, 1.807) is 0 Å². The van der Waals surface area contributed by atoms with Crippen molar-refractivity contribution < 1.29 is 0 Å². The fourth-order valence-electron chi connectivity index (χ4n) is 9.60. The van der Waals surface area contributed by atoms with Gasteiger partial charge in [0.05, 0.1) is 44.1 Å². The summed E-state index contributed by atoms with van der Waals surface area (Å²) in [6, 6.07) is 56.4. The maximum Gasteiger partial charge on any atom is 0.0628 e. The second-order valence-electron chi connectivity index (χ2n) is 13.7. The molecular weight excluding hydrogens is 595 g/mol. The Morgan fingerprint density at radius 2 is 0.857 bits per heavy atom. The Balaban J connectivity index is 1.33. The molecule has 49 heavy (non-hydrogen) atoms. The van der Waals surface area contributed by atoms with E-state index in [0.29, 0.717) is 0 Å². The lowest BCUT2D eigenvalue weighted by Gasteiger charge is -2.08. The Hall–Kier alpha value is -6.58. The molecule has 0 radical (unpaired) electrons. The first-order chi connectivity index (χ1) is 24.3. The van der Waals surface area contributed by atoms with Crippen LogP contribution in [0.25, 0.3) is 114 Å². The van der Waals surface area contributed by atoms with Gasteiger partial charge in [-0.2, -0.15) is 0 Å². The fourth-order valence-corrected chi connectivity index (χ4v) is 9.60. The zero-order chi connectivity index (χ0) is 31.5. The van der Waals surface area contributed by atoms with Gasteiger partial charge >= 0.3 is 0 Å². The molecule has 13 rings (SSSR count). The van der Waals surface area contributed by atoms with Crippen molar-refractivity contribution >= 4 is 109 Å². The maximum atomic E-state index is 2.55. The van der Waals surface area contributed by atoms with Crippen LogP contribution in [0, 0.1) is 0 Å². The van der Waals surface area contributed by atoms with E-state index in [-0.39, 0.29) is 0 Å². The molecule has 0 amide bonds. The van der Waals surface area contributed by atoms with Crippen molar-refractivity contribution in [1.82, 2.24) is 13.4 Å². The number of benzene rings is 8. The van der Waals surface area contributed by atoms with E-state index in [0.717, 1.165) is 0 Å². The zero-order valence-electron chi connectivity index (χ0n) is 26.3. The van der Waals surface area contributed by atoms with Crippen LogP contribution in [0.4, 0.5) is 0 Å². The number of rotatable bonds is 1. The molecule has 3 nitrogen and oxygen atoms in total. The van der Waals surface area contributed by atoms with E-state index in [9.17, 15) is 0 Å². The van der Waals surface area contributed by atoms with Crippen LogP contribution in [0.1, 0.15) is 0 Å². The van der Waals surface area contributed by atoms with Crippen molar-refractivity contribution in [2.75, 3.05) is 0 Å². The van der Waals surface area contributed by atoms with Crippen molar-refractivity contribution in [2.24, 2.45) is 0 Å². The van der Waals surface area contributed by atoms with E-state index in [4.69, 9.17) is 0 Å². The van der Waals surface area contributed by atoms with Gasteiger partial charge in [-0.15, -0.1) is 0 Å². The zero-order valence-corrected chi connectivity index (χ0v) is 26.3. The summed E-state index contributed by atoms with van der Waals surface area (Å²) in [5, 5.41) is 15.7. The predicted octanol–water partition coefficient (Wildman–Crippen LogP) is 12.2. The molecule has 0 saturated heterocycles. The molecule has 0 N–H and O–H groups in total. The number of para-hydroxylation sites is 4. The SMILES string of the molecule is c1ccc(-n2c3ccccc3c3c4c5ccccc5n5c6cc7c(cc6c(cc32)c45)c2c3ccccc3cc3c4ccccc4n7c32)cc1. The normalized spacial score (nSPS) is 12.9. The van der Waals surface area contributed by atoms with Crippen molar-refractivity contribution in [3.8, 4) is 5.69 Å². The van der Waals surface area contributed by atoms with E-state index in [1.165, 1.54) is 114 Å². The Kier molecular flexibility index (Phi) is 4.15. The molecule has 3 heteroatoms. The van der Waals surface area contributed by atoms with E-state index in [1.807, 2.05) is 0 Å². The van der Waals surface area contributed by atoms with Gasteiger partial charge < -0.3 is 13.4 Å². The first-order valence-electron chi connectivity index (χ1n) is 17.0. The second kappa shape index (κ2) is 8.28. The molecule has 0 aliphatic rings. The number of nitrogens with zero attached hydrogens (tertiary/aromatic N) is 3. The Bertz CT molecular complexity index is 3540. The number of fused-ring (bicyclic) bond motifs is 18. The summed E-state index contributed by atoms with van der Waals surface area (Å²) in [7, 11) is 0. The molecule has 0 unspecified atom stereocenters. The first-order valence-corrected chi connectivity index (χ1v) is 17.0. The molecule has 8 aromatic carbocycles. The molecule has 224 valence electrons. The largest absolute Gasteiger partial charge is 0.309 e. The predicted molar refractivity (Wildman–Crippen MR) is 208 cm³/mol. The summed E-state index contributed by atoms with van der Waals surface area (Å²) >= 11 is 0. The van der Waals surface area contributed by atoms with Crippen molar-refractivity contribution in [3.05, 3.63) is 152 Å². The van der Waals surface area contributed by atoms with Gasteiger partial charge in [-0.1, -0.05) is 97.1 Å². The van der Waals surface area contributed by atoms with Gasteiger partial charge in [0.2, 0.25) is 0 Å². The highest BCUT2D eigenvalue weighted by molar-refractivity contribution is 6.38. The third-order valence-corrected chi connectivity index (χ3v) is 11.4. The summed E-state index contributed by atoms with van der Waals surface area (Å²) in [6.07, 6.45) is 0. The first kappa shape index (κ1) is 24.6. The van der Waals surface area contributed by atoms with Gasteiger partial charge in [0, 0.05) is 59.5 Å². The summed E-state index contributed by atoms with van der Waals surface area (Å²) in [5.41, 5.74) is 11.3. The average Bonchev–Trinajstić information content (AvgIpc) is 3.93. The summed E-state index contributed by atoms with van der Waals surface area (Å²) in [4.78, 5) is 0. The second-order valence-corrected chi connectivity index (χ2v) is 13.7.